The number of benzene rings is 1. The maximum absolute atomic E-state index is 11.8. The van der Waals surface area contributed by atoms with Crippen LogP contribution >= 0.6 is 12.4 Å². The molecule has 0 saturated carbocycles. The van der Waals surface area contributed by atoms with Crippen molar-refractivity contribution in [3.05, 3.63) is 24.3 Å². The molecular formula is C15H23ClN4O2. The minimum atomic E-state index is -0.0957. The van der Waals surface area contributed by atoms with Crippen LogP contribution in [0.15, 0.2) is 24.3 Å². The molecule has 1 aliphatic rings. The molecule has 1 aromatic rings. The van der Waals surface area contributed by atoms with Crippen LogP contribution in [0.1, 0.15) is 26.2 Å². The Morgan fingerprint density at radius 2 is 2.27 bits per heavy atom. The van der Waals surface area contributed by atoms with Gasteiger partial charge in [0.25, 0.3) is 0 Å². The van der Waals surface area contributed by atoms with Crippen LogP contribution in [0.25, 0.3) is 0 Å². The fourth-order valence-corrected chi connectivity index (χ4v) is 2.21. The first-order valence-corrected chi connectivity index (χ1v) is 7.27. The Hall–Kier alpha value is -1.79. The molecule has 0 radical (unpaired) electrons. The SMILES string of the molecule is CC(N)CCC(=O)Nc1cccc(N2CCCNC2=O)c1.Cl. The van der Waals surface area contributed by atoms with Crippen LogP contribution in [0, 0.1) is 0 Å². The smallest absolute Gasteiger partial charge is 0.321 e. The number of nitrogens with two attached hydrogens (primary N) is 1. The molecule has 3 amide bonds. The molecule has 0 aliphatic carbocycles. The van der Waals surface area contributed by atoms with Crippen molar-refractivity contribution in [2.45, 2.75) is 32.2 Å². The van der Waals surface area contributed by atoms with E-state index in [1.165, 1.54) is 0 Å². The standard InChI is InChI=1S/C15H22N4O2.ClH/c1-11(16)6-7-14(20)18-12-4-2-5-13(10-12)19-9-3-8-17-15(19)21;/h2,4-5,10-11H,3,6-9,16H2,1H3,(H,17,21)(H,18,20);1H. The molecule has 6 nitrogen and oxygen atoms in total. The number of rotatable bonds is 5. The van der Waals surface area contributed by atoms with E-state index in [1.807, 2.05) is 31.2 Å². The van der Waals surface area contributed by atoms with Crippen molar-refractivity contribution in [3.63, 3.8) is 0 Å². The van der Waals surface area contributed by atoms with Gasteiger partial charge in [0.05, 0.1) is 0 Å². The zero-order chi connectivity index (χ0) is 15.2. The highest BCUT2D eigenvalue weighted by Crippen LogP contribution is 2.21. The third-order valence-corrected chi connectivity index (χ3v) is 3.35. The molecule has 4 N–H and O–H groups in total. The van der Waals surface area contributed by atoms with Gasteiger partial charge in [0.15, 0.2) is 0 Å². The van der Waals surface area contributed by atoms with Gasteiger partial charge in [0.2, 0.25) is 5.91 Å². The normalized spacial score (nSPS) is 15.5. The quantitative estimate of drug-likeness (QED) is 0.774. The van der Waals surface area contributed by atoms with Crippen molar-refractivity contribution in [1.82, 2.24) is 5.32 Å². The zero-order valence-corrected chi connectivity index (χ0v) is 13.5. The predicted octanol–water partition coefficient (Wildman–Crippen LogP) is 2.09. The van der Waals surface area contributed by atoms with E-state index in [2.05, 4.69) is 10.6 Å². The Balaban J connectivity index is 0.00000242. The van der Waals surface area contributed by atoms with Crippen LogP contribution in [-0.2, 0) is 4.79 Å². The lowest BCUT2D eigenvalue weighted by atomic mass is 10.2. The van der Waals surface area contributed by atoms with E-state index in [-0.39, 0.29) is 30.4 Å². The third-order valence-electron chi connectivity index (χ3n) is 3.35. The molecule has 1 atom stereocenters. The van der Waals surface area contributed by atoms with Gasteiger partial charge in [-0.15, -0.1) is 12.4 Å². The molecule has 1 aromatic carbocycles. The van der Waals surface area contributed by atoms with Crippen molar-refractivity contribution >= 4 is 35.7 Å². The highest BCUT2D eigenvalue weighted by molar-refractivity contribution is 5.95. The summed E-state index contributed by atoms with van der Waals surface area (Å²) in [6.07, 6.45) is 1.96. The fraction of sp³-hybridized carbons (Fsp3) is 0.467. The number of anilines is 2. The van der Waals surface area contributed by atoms with Gasteiger partial charge in [-0.25, -0.2) is 4.79 Å². The molecule has 1 fully saturated rings. The van der Waals surface area contributed by atoms with Crippen LogP contribution in [0.3, 0.4) is 0 Å². The molecule has 1 unspecified atom stereocenters. The highest BCUT2D eigenvalue weighted by atomic mass is 35.5. The summed E-state index contributed by atoms with van der Waals surface area (Å²) in [5.41, 5.74) is 7.12. The van der Waals surface area contributed by atoms with Crippen molar-refractivity contribution in [2.75, 3.05) is 23.3 Å². The average molecular weight is 327 g/mol. The largest absolute Gasteiger partial charge is 0.338 e. The molecule has 0 spiro atoms. The maximum atomic E-state index is 11.8. The molecule has 0 bridgehead atoms. The first-order valence-electron chi connectivity index (χ1n) is 7.27. The van der Waals surface area contributed by atoms with E-state index in [0.717, 1.165) is 12.1 Å². The lowest BCUT2D eigenvalue weighted by Crippen LogP contribution is -2.46. The maximum Gasteiger partial charge on any atom is 0.321 e. The van der Waals surface area contributed by atoms with Gasteiger partial charge in [-0.05, 0) is 38.0 Å². The molecule has 1 saturated heterocycles. The van der Waals surface area contributed by atoms with Gasteiger partial charge in [0.1, 0.15) is 0 Å². The van der Waals surface area contributed by atoms with Gasteiger partial charge >= 0.3 is 6.03 Å². The van der Waals surface area contributed by atoms with Crippen molar-refractivity contribution < 1.29 is 9.59 Å². The van der Waals surface area contributed by atoms with E-state index >= 15 is 0 Å². The van der Waals surface area contributed by atoms with E-state index in [0.29, 0.717) is 31.6 Å². The second-order valence-electron chi connectivity index (χ2n) is 5.35. The summed E-state index contributed by atoms with van der Waals surface area (Å²) in [7, 11) is 0. The first-order chi connectivity index (χ1) is 10.1. The average Bonchev–Trinajstić information content (AvgIpc) is 2.46. The summed E-state index contributed by atoms with van der Waals surface area (Å²) in [6, 6.07) is 7.24. The second-order valence-corrected chi connectivity index (χ2v) is 5.35. The number of hydrogen-bond donors (Lipinski definition) is 3. The topological polar surface area (TPSA) is 87.5 Å². The van der Waals surface area contributed by atoms with Crippen molar-refractivity contribution in [3.8, 4) is 0 Å². The summed E-state index contributed by atoms with van der Waals surface area (Å²) in [5.74, 6) is -0.0625. The molecule has 7 heteroatoms. The van der Waals surface area contributed by atoms with Crippen LogP contribution < -0.4 is 21.3 Å². The number of carbonyl (C=O) groups is 2. The number of halogens is 1. The van der Waals surface area contributed by atoms with Crippen molar-refractivity contribution in [1.29, 1.82) is 0 Å². The molecule has 122 valence electrons. The highest BCUT2D eigenvalue weighted by Gasteiger charge is 2.19. The van der Waals surface area contributed by atoms with Gasteiger partial charge < -0.3 is 16.4 Å². The van der Waals surface area contributed by atoms with E-state index in [9.17, 15) is 9.59 Å². The minimum absolute atomic E-state index is 0. The number of amides is 3. The Labute approximate surface area is 136 Å². The predicted molar refractivity (Wildman–Crippen MR) is 90.6 cm³/mol. The summed E-state index contributed by atoms with van der Waals surface area (Å²) in [6.45, 7) is 3.28. The molecule has 2 rings (SSSR count). The van der Waals surface area contributed by atoms with Gasteiger partial charge in [-0.1, -0.05) is 6.07 Å². The molecule has 0 aromatic heterocycles. The fourth-order valence-electron chi connectivity index (χ4n) is 2.21. The molecular weight excluding hydrogens is 304 g/mol. The summed E-state index contributed by atoms with van der Waals surface area (Å²) in [4.78, 5) is 25.3. The lowest BCUT2D eigenvalue weighted by molar-refractivity contribution is -0.116. The molecule has 22 heavy (non-hydrogen) atoms. The van der Waals surface area contributed by atoms with Gasteiger partial charge in [-0.2, -0.15) is 0 Å². The Morgan fingerprint density at radius 3 is 2.95 bits per heavy atom. The number of urea groups is 1. The Kier molecular flexibility index (Phi) is 7.14. The number of carbonyl (C=O) groups excluding carboxylic acids is 2. The molecule has 1 heterocycles. The van der Waals surface area contributed by atoms with Crippen LogP contribution in [0.5, 0.6) is 0 Å². The van der Waals surface area contributed by atoms with Crippen LogP contribution in [0.2, 0.25) is 0 Å². The van der Waals surface area contributed by atoms with Crippen LogP contribution in [0.4, 0.5) is 16.2 Å². The Morgan fingerprint density at radius 1 is 1.50 bits per heavy atom. The third kappa shape index (κ3) is 5.20. The monoisotopic (exact) mass is 326 g/mol. The number of nitrogens with one attached hydrogen (secondary N) is 2. The summed E-state index contributed by atoms with van der Waals surface area (Å²) >= 11 is 0. The van der Waals surface area contributed by atoms with E-state index in [4.69, 9.17) is 5.73 Å². The van der Waals surface area contributed by atoms with Crippen molar-refractivity contribution in [2.24, 2.45) is 5.73 Å². The molecule has 1 aliphatic heterocycles. The number of hydrogen-bond acceptors (Lipinski definition) is 3. The lowest BCUT2D eigenvalue weighted by Gasteiger charge is -2.27. The van der Waals surface area contributed by atoms with Gasteiger partial charge in [-0.3, -0.25) is 9.69 Å². The number of nitrogens with zero attached hydrogens (tertiary/aromatic N) is 1. The first kappa shape index (κ1) is 18.3. The van der Waals surface area contributed by atoms with E-state index < -0.39 is 0 Å². The minimum Gasteiger partial charge on any atom is -0.338 e. The Bertz CT molecular complexity index is 522. The summed E-state index contributed by atoms with van der Waals surface area (Å²) in [5, 5.41) is 5.65. The summed E-state index contributed by atoms with van der Waals surface area (Å²) < 4.78 is 0. The van der Waals surface area contributed by atoms with Crippen LogP contribution in [-0.4, -0.2) is 31.1 Å². The van der Waals surface area contributed by atoms with Gasteiger partial charge in [0, 0.05) is 36.9 Å². The second kappa shape index (κ2) is 8.60. The zero-order valence-electron chi connectivity index (χ0n) is 12.7. The van der Waals surface area contributed by atoms with E-state index in [1.54, 1.807) is 4.90 Å².